The van der Waals surface area contributed by atoms with Crippen LogP contribution in [0.2, 0.25) is 0 Å². The van der Waals surface area contributed by atoms with Gasteiger partial charge >= 0.3 is 0 Å². The van der Waals surface area contributed by atoms with Crippen molar-refractivity contribution in [1.29, 1.82) is 0 Å². The number of para-hydroxylation sites is 1. The predicted molar refractivity (Wildman–Crippen MR) is 68.8 cm³/mol. The Bertz CT molecular complexity index is 518. The maximum Gasteiger partial charge on any atom is 0.0704 e. The highest BCUT2D eigenvalue weighted by Gasteiger charge is 2.25. The molecule has 0 saturated heterocycles. The minimum absolute atomic E-state index is 0.109. The van der Waals surface area contributed by atoms with Crippen molar-refractivity contribution in [2.75, 3.05) is 0 Å². The van der Waals surface area contributed by atoms with E-state index in [0.29, 0.717) is 5.92 Å². The van der Waals surface area contributed by atoms with E-state index in [9.17, 15) is 5.11 Å². The molecular formula is C15H17NO. The second-order valence-corrected chi connectivity index (χ2v) is 4.95. The second kappa shape index (κ2) is 4.46. The molecule has 1 N–H and O–H groups in total. The summed E-state index contributed by atoms with van der Waals surface area (Å²) >= 11 is 0. The Morgan fingerprint density at radius 3 is 2.88 bits per heavy atom. The third kappa shape index (κ3) is 2.05. The lowest BCUT2D eigenvalue weighted by atomic mass is 9.94. The van der Waals surface area contributed by atoms with Crippen LogP contribution in [0.15, 0.2) is 36.5 Å². The number of rotatable bonds is 2. The molecule has 1 fully saturated rings. The zero-order chi connectivity index (χ0) is 11.7. The molecule has 0 amide bonds. The van der Waals surface area contributed by atoms with Crippen molar-refractivity contribution in [1.82, 2.24) is 4.98 Å². The van der Waals surface area contributed by atoms with Crippen molar-refractivity contribution in [2.24, 2.45) is 5.92 Å². The zero-order valence-electron chi connectivity index (χ0n) is 9.84. The number of benzene rings is 1. The maximum atomic E-state index is 9.91. The van der Waals surface area contributed by atoms with E-state index in [1.165, 1.54) is 10.9 Å². The van der Waals surface area contributed by atoms with Gasteiger partial charge in [0.15, 0.2) is 0 Å². The Morgan fingerprint density at radius 2 is 2.06 bits per heavy atom. The molecule has 0 bridgehead atoms. The summed E-state index contributed by atoms with van der Waals surface area (Å²) in [6, 6.07) is 10.3. The first kappa shape index (κ1) is 10.7. The molecule has 2 aromatic rings. The number of aliphatic hydroxyl groups is 1. The summed E-state index contributed by atoms with van der Waals surface area (Å²) in [6.07, 6.45) is 6.02. The zero-order valence-corrected chi connectivity index (χ0v) is 9.84. The van der Waals surface area contributed by atoms with Crippen LogP contribution in [0.3, 0.4) is 0 Å². The molecule has 17 heavy (non-hydrogen) atoms. The molecular weight excluding hydrogens is 210 g/mol. The average molecular weight is 227 g/mol. The van der Waals surface area contributed by atoms with Crippen LogP contribution in [0.1, 0.15) is 24.8 Å². The number of hydrogen-bond donors (Lipinski definition) is 1. The molecule has 1 saturated carbocycles. The van der Waals surface area contributed by atoms with Gasteiger partial charge in [-0.3, -0.25) is 4.98 Å². The lowest BCUT2D eigenvalue weighted by Crippen LogP contribution is -2.15. The molecule has 3 rings (SSSR count). The minimum atomic E-state index is -0.109. The smallest absolute Gasteiger partial charge is 0.0704 e. The predicted octanol–water partition coefficient (Wildman–Crippen LogP) is 2.94. The molecule has 1 aromatic heterocycles. The van der Waals surface area contributed by atoms with Gasteiger partial charge in [-0.1, -0.05) is 24.6 Å². The third-order valence-electron chi connectivity index (χ3n) is 3.84. The topological polar surface area (TPSA) is 33.1 Å². The fourth-order valence-electron chi connectivity index (χ4n) is 2.87. The number of nitrogens with zero attached hydrogens (tertiary/aromatic N) is 1. The molecule has 1 aliphatic rings. The van der Waals surface area contributed by atoms with E-state index in [0.717, 1.165) is 31.2 Å². The highest BCUT2D eigenvalue weighted by molar-refractivity contribution is 5.81. The molecule has 1 aromatic carbocycles. The van der Waals surface area contributed by atoms with Crippen molar-refractivity contribution in [3.05, 3.63) is 42.1 Å². The van der Waals surface area contributed by atoms with Crippen LogP contribution in [0.4, 0.5) is 0 Å². The second-order valence-electron chi connectivity index (χ2n) is 4.95. The average Bonchev–Trinajstić information content (AvgIpc) is 2.76. The summed E-state index contributed by atoms with van der Waals surface area (Å²) in [4.78, 5) is 4.37. The van der Waals surface area contributed by atoms with E-state index in [-0.39, 0.29) is 6.10 Å². The van der Waals surface area contributed by atoms with Crippen LogP contribution in [-0.2, 0) is 6.42 Å². The highest BCUT2D eigenvalue weighted by Crippen LogP contribution is 2.30. The van der Waals surface area contributed by atoms with E-state index in [4.69, 9.17) is 0 Å². The number of hydrogen-bond acceptors (Lipinski definition) is 2. The summed E-state index contributed by atoms with van der Waals surface area (Å²) < 4.78 is 0. The lowest BCUT2D eigenvalue weighted by molar-refractivity contribution is 0.133. The standard InChI is InChI=1S/C15H17NO/c17-15-7-3-4-12(15)10-11-8-9-16-14-6-2-1-5-13(11)14/h1-2,5-6,8-9,12,15,17H,3-4,7,10H2. The molecule has 0 spiro atoms. The van der Waals surface area contributed by atoms with Gasteiger partial charge in [0, 0.05) is 11.6 Å². The Morgan fingerprint density at radius 1 is 1.18 bits per heavy atom. The Labute approximate surface area is 101 Å². The quantitative estimate of drug-likeness (QED) is 0.855. The molecule has 0 aliphatic heterocycles. The molecule has 88 valence electrons. The van der Waals surface area contributed by atoms with Gasteiger partial charge in [-0.05, 0) is 42.9 Å². The number of fused-ring (bicyclic) bond motifs is 1. The van der Waals surface area contributed by atoms with Gasteiger partial charge in [0.05, 0.1) is 11.6 Å². The largest absolute Gasteiger partial charge is 0.393 e. The first-order valence-corrected chi connectivity index (χ1v) is 6.35. The maximum absolute atomic E-state index is 9.91. The van der Waals surface area contributed by atoms with E-state index in [2.05, 4.69) is 23.2 Å². The third-order valence-corrected chi connectivity index (χ3v) is 3.84. The molecule has 2 unspecified atom stereocenters. The summed E-state index contributed by atoms with van der Waals surface area (Å²) in [5.41, 5.74) is 2.37. The van der Waals surface area contributed by atoms with Crippen LogP contribution >= 0.6 is 0 Å². The van der Waals surface area contributed by atoms with Crippen molar-refractivity contribution < 1.29 is 5.11 Å². The normalized spacial score (nSPS) is 24.3. The Balaban J connectivity index is 1.94. The fourth-order valence-corrected chi connectivity index (χ4v) is 2.87. The molecule has 0 radical (unpaired) electrons. The van der Waals surface area contributed by atoms with Gasteiger partial charge in [-0.2, -0.15) is 0 Å². The first-order valence-electron chi connectivity index (χ1n) is 6.35. The number of pyridine rings is 1. The van der Waals surface area contributed by atoms with E-state index in [1.807, 2.05) is 18.3 Å². The van der Waals surface area contributed by atoms with Gasteiger partial charge in [0.25, 0.3) is 0 Å². The molecule has 2 atom stereocenters. The molecule has 1 aliphatic carbocycles. The van der Waals surface area contributed by atoms with E-state index in [1.54, 1.807) is 0 Å². The van der Waals surface area contributed by atoms with E-state index >= 15 is 0 Å². The Kier molecular flexibility index (Phi) is 2.81. The highest BCUT2D eigenvalue weighted by atomic mass is 16.3. The van der Waals surface area contributed by atoms with Gasteiger partial charge in [-0.25, -0.2) is 0 Å². The monoisotopic (exact) mass is 227 g/mol. The van der Waals surface area contributed by atoms with Crippen molar-refractivity contribution >= 4 is 10.9 Å². The summed E-state index contributed by atoms with van der Waals surface area (Å²) in [5.74, 6) is 0.431. The first-order chi connectivity index (χ1) is 8.34. The molecule has 2 nitrogen and oxygen atoms in total. The molecule has 2 heteroatoms. The van der Waals surface area contributed by atoms with Gasteiger partial charge in [-0.15, -0.1) is 0 Å². The SMILES string of the molecule is OC1CCCC1Cc1ccnc2ccccc12. The van der Waals surface area contributed by atoms with Gasteiger partial charge in [0.1, 0.15) is 0 Å². The van der Waals surface area contributed by atoms with Crippen LogP contribution in [-0.4, -0.2) is 16.2 Å². The lowest BCUT2D eigenvalue weighted by Gasteiger charge is -2.15. The van der Waals surface area contributed by atoms with Crippen LogP contribution in [0, 0.1) is 5.92 Å². The van der Waals surface area contributed by atoms with Gasteiger partial charge < -0.3 is 5.11 Å². The minimum Gasteiger partial charge on any atom is -0.393 e. The summed E-state index contributed by atoms with van der Waals surface area (Å²) in [7, 11) is 0. The van der Waals surface area contributed by atoms with Gasteiger partial charge in [0.2, 0.25) is 0 Å². The van der Waals surface area contributed by atoms with Crippen molar-refractivity contribution in [3.8, 4) is 0 Å². The van der Waals surface area contributed by atoms with Crippen molar-refractivity contribution in [2.45, 2.75) is 31.8 Å². The number of aromatic nitrogens is 1. The van der Waals surface area contributed by atoms with Crippen LogP contribution < -0.4 is 0 Å². The van der Waals surface area contributed by atoms with Crippen LogP contribution in [0.25, 0.3) is 10.9 Å². The van der Waals surface area contributed by atoms with Crippen LogP contribution in [0.5, 0.6) is 0 Å². The Hall–Kier alpha value is -1.41. The van der Waals surface area contributed by atoms with E-state index < -0.39 is 0 Å². The van der Waals surface area contributed by atoms with Crippen molar-refractivity contribution in [3.63, 3.8) is 0 Å². The summed E-state index contributed by atoms with van der Waals surface area (Å²) in [5, 5.41) is 11.1. The number of aliphatic hydroxyl groups excluding tert-OH is 1. The molecule has 1 heterocycles. The fraction of sp³-hybridized carbons (Fsp3) is 0.400. The summed E-state index contributed by atoms with van der Waals surface area (Å²) in [6.45, 7) is 0.